The van der Waals surface area contributed by atoms with Gasteiger partial charge in [-0.2, -0.15) is 0 Å². The first-order chi connectivity index (χ1) is 8.06. The van der Waals surface area contributed by atoms with Gasteiger partial charge in [0.15, 0.2) is 5.11 Å². The quantitative estimate of drug-likeness (QED) is 0.833. The highest BCUT2D eigenvalue weighted by atomic mass is 32.1. The number of hydrogen-bond donors (Lipinski definition) is 1. The maximum atomic E-state index is 5.38. The van der Waals surface area contributed by atoms with E-state index in [4.69, 9.17) is 17.0 Å². The lowest BCUT2D eigenvalue weighted by molar-refractivity contribution is 0.177. The molecule has 1 rings (SSSR count). The predicted octanol–water partition coefficient (Wildman–Crippen LogP) is 2.65. The summed E-state index contributed by atoms with van der Waals surface area (Å²) in [4.78, 5) is 3.39. The molecule has 3 nitrogen and oxygen atoms in total. The molecule has 2 unspecified atom stereocenters. The highest BCUT2D eigenvalue weighted by Crippen LogP contribution is 2.23. The van der Waals surface area contributed by atoms with Crippen molar-refractivity contribution < 1.29 is 4.74 Å². The van der Waals surface area contributed by atoms with Crippen molar-refractivity contribution in [1.82, 2.24) is 10.2 Å². The zero-order valence-corrected chi connectivity index (χ0v) is 12.4. The van der Waals surface area contributed by atoms with E-state index in [2.05, 4.69) is 41.6 Å². The summed E-state index contributed by atoms with van der Waals surface area (Å²) < 4.78 is 5.08. The van der Waals surface area contributed by atoms with E-state index in [1.807, 2.05) is 7.05 Å². The summed E-state index contributed by atoms with van der Waals surface area (Å²) in [6, 6.07) is 4.72. The number of thiocarbonyl (C=S) groups is 1. The summed E-state index contributed by atoms with van der Waals surface area (Å²) in [6.07, 6.45) is 0. The number of nitrogens with one attached hydrogen (secondary N) is 1. The van der Waals surface area contributed by atoms with Gasteiger partial charge in [-0.25, -0.2) is 0 Å². The molecule has 0 aliphatic rings. The van der Waals surface area contributed by atoms with Crippen molar-refractivity contribution in [3.63, 3.8) is 0 Å². The Morgan fingerprint density at radius 3 is 2.82 bits per heavy atom. The minimum absolute atomic E-state index is 0.227. The molecule has 1 aromatic heterocycles. The topological polar surface area (TPSA) is 24.5 Å². The maximum absolute atomic E-state index is 5.38. The first kappa shape index (κ1) is 14.4. The Morgan fingerprint density at radius 2 is 2.29 bits per heavy atom. The maximum Gasteiger partial charge on any atom is 0.169 e. The van der Waals surface area contributed by atoms with E-state index in [1.165, 1.54) is 4.88 Å². The summed E-state index contributed by atoms with van der Waals surface area (Å²) >= 11 is 7.13. The Labute approximate surface area is 113 Å². The van der Waals surface area contributed by atoms with Crippen molar-refractivity contribution in [3.8, 4) is 0 Å². The first-order valence-corrected chi connectivity index (χ1v) is 6.90. The average molecular weight is 272 g/mol. The molecule has 0 aliphatic heterocycles. The summed E-state index contributed by atoms with van der Waals surface area (Å²) in [7, 11) is 3.71. The number of rotatable bonds is 5. The zero-order chi connectivity index (χ0) is 12.8. The lowest BCUT2D eigenvalue weighted by Gasteiger charge is -2.28. The first-order valence-electron chi connectivity index (χ1n) is 5.62. The van der Waals surface area contributed by atoms with Gasteiger partial charge in [-0.3, -0.25) is 0 Å². The molecular weight excluding hydrogens is 252 g/mol. The number of ether oxygens (including phenoxy) is 1. The van der Waals surface area contributed by atoms with Crippen LogP contribution in [0.25, 0.3) is 0 Å². The second kappa shape index (κ2) is 6.93. The second-order valence-electron chi connectivity index (χ2n) is 4.11. The van der Waals surface area contributed by atoms with Crippen LogP contribution in [0.4, 0.5) is 0 Å². The van der Waals surface area contributed by atoms with Crippen molar-refractivity contribution >= 4 is 28.7 Å². The zero-order valence-electron chi connectivity index (χ0n) is 10.8. The molecule has 5 heteroatoms. The van der Waals surface area contributed by atoms with Crippen molar-refractivity contribution in [2.45, 2.75) is 25.9 Å². The van der Waals surface area contributed by atoms with E-state index in [-0.39, 0.29) is 6.04 Å². The van der Waals surface area contributed by atoms with Crippen LogP contribution in [0.2, 0.25) is 0 Å². The third kappa shape index (κ3) is 4.26. The van der Waals surface area contributed by atoms with Gasteiger partial charge in [0.05, 0.1) is 12.6 Å². The highest BCUT2D eigenvalue weighted by molar-refractivity contribution is 7.80. The minimum atomic E-state index is 0.227. The average Bonchev–Trinajstić information content (AvgIpc) is 2.80. The van der Waals surface area contributed by atoms with Crippen molar-refractivity contribution in [3.05, 3.63) is 22.4 Å². The van der Waals surface area contributed by atoms with E-state index in [9.17, 15) is 0 Å². The number of hydrogen-bond acceptors (Lipinski definition) is 3. The molecule has 96 valence electrons. The van der Waals surface area contributed by atoms with Gasteiger partial charge in [0.2, 0.25) is 0 Å². The lowest BCUT2D eigenvalue weighted by atomic mass is 10.2. The SMILES string of the molecule is COCC(C)NC(=S)N(C)C(C)c1cccs1. The second-order valence-corrected chi connectivity index (χ2v) is 5.47. The molecule has 0 aromatic carbocycles. The molecule has 0 bridgehead atoms. The Kier molecular flexibility index (Phi) is 5.88. The van der Waals surface area contributed by atoms with Crippen LogP contribution in [0.5, 0.6) is 0 Å². The van der Waals surface area contributed by atoms with Gasteiger partial charge in [0, 0.05) is 25.1 Å². The third-order valence-electron chi connectivity index (χ3n) is 2.64. The van der Waals surface area contributed by atoms with Crippen LogP contribution in [-0.4, -0.2) is 36.8 Å². The van der Waals surface area contributed by atoms with Gasteiger partial charge in [-0.05, 0) is 37.5 Å². The van der Waals surface area contributed by atoms with Crippen LogP contribution in [0.3, 0.4) is 0 Å². The highest BCUT2D eigenvalue weighted by Gasteiger charge is 2.16. The van der Waals surface area contributed by atoms with E-state index < -0.39 is 0 Å². The largest absolute Gasteiger partial charge is 0.383 e. The van der Waals surface area contributed by atoms with Crippen LogP contribution in [0, 0.1) is 0 Å². The van der Waals surface area contributed by atoms with Crippen LogP contribution in [0.1, 0.15) is 24.8 Å². The molecule has 17 heavy (non-hydrogen) atoms. The fraction of sp³-hybridized carbons (Fsp3) is 0.583. The Hall–Kier alpha value is -0.650. The molecule has 0 amide bonds. The Morgan fingerprint density at radius 1 is 1.59 bits per heavy atom. The van der Waals surface area contributed by atoms with Gasteiger partial charge in [-0.1, -0.05) is 6.07 Å². The molecule has 0 fully saturated rings. The lowest BCUT2D eigenvalue weighted by Crippen LogP contribution is -2.44. The monoisotopic (exact) mass is 272 g/mol. The van der Waals surface area contributed by atoms with E-state index in [0.29, 0.717) is 12.6 Å². The standard InChI is InChI=1S/C12H20N2OS2/c1-9(8-15-4)13-12(16)14(3)10(2)11-6-5-7-17-11/h5-7,9-10H,8H2,1-4H3,(H,13,16). The van der Waals surface area contributed by atoms with Gasteiger partial charge in [0.25, 0.3) is 0 Å². The van der Waals surface area contributed by atoms with E-state index >= 15 is 0 Å². The predicted molar refractivity (Wildman–Crippen MR) is 77.6 cm³/mol. The molecule has 1 heterocycles. The molecule has 0 aliphatic carbocycles. The van der Waals surface area contributed by atoms with Crippen LogP contribution < -0.4 is 5.32 Å². The minimum Gasteiger partial charge on any atom is -0.383 e. The molecule has 1 N–H and O–H groups in total. The normalized spacial score (nSPS) is 14.1. The van der Waals surface area contributed by atoms with Crippen LogP contribution in [-0.2, 0) is 4.74 Å². The van der Waals surface area contributed by atoms with Gasteiger partial charge in [0.1, 0.15) is 0 Å². The molecule has 0 saturated heterocycles. The summed E-state index contributed by atoms with van der Waals surface area (Å²) in [5.41, 5.74) is 0. The molecule has 0 saturated carbocycles. The molecule has 1 aromatic rings. The van der Waals surface area contributed by atoms with Crippen LogP contribution >= 0.6 is 23.6 Å². The van der Waals surface area contributed by atoms with Crippen molar-refractivity contribution in [1.29, 1.82) is 0 Å². The summed E-state index contributed by atoms with van der Waals surface area (Å²) in [6.45, 7) is 4.86. The Balaban J connectivity index is 2.51. The number of thiophene rings is 1. The molecule has 0 radical (unpaired) electrons. The van der Waals surface area contributed by atoms with E-state index in [1.54, 1.807) is 18.4 Å². The molecule has 0 spiro atoms. The number of nitrogens with zero attached hydrogens (tertiary/aromatic N) is 1. The molecule has 2 atom stereocenters. The molecular formula is C12H20N2OS2. The van der Waals surface area contributed by atoms with E-state index in [0.717, 1.165) is 5.11 Å². The Bertz CT molecular complexity index is 340. The number of methoxy groups -OCH3 is 1. The van der Waals surface area contributed by atoms with Gasteiger partial charge >= 0.3 is 0 Å². The fourth-order valence-electron chi connectivity index (χ4n) is 1.50. The van der Waals surface area contributed by atoms with Gasteiger partial charge < -0.3 is 15.0 Å². The van der Waals surface area contributed by atoms with Crippen molar-refractivity contribution in [2.24, 2.45) is 0 Å². The third-order valence-corrected chi connectivity index (χ3v) is 4.09. The van der Waals surface area contributed by atoms with Crippen molar-refractivity contribution in [2.75, 3.05) is 20.8 Å². The smallest absolute Gasteiger partial charge is 0.169 e. The summed E-state index contributed by atoms with van der Waals surface area (Å²) in [5, 5.41) is 6.11. The summed E-state index contributed by atoms with van der Waals surface area (Å²) in [5.74, 6) is 0. The fourth-order valence-corrected chi connectivity index (χ4v) is 2.69. The van der Waals surface area contributed by atoms with Crippen LogP contribution in [0.15, 0.2) is 17.5 Å². The van der Waals surface area contributed by atoms with Gasteiger partial charge in [-0.15, -0.1) is 11.3 Å².